The monoisotopic (exact) mass is 380 g/mol. The summed E-state index contributed by atoms with van der Waals surface area (Å²) in [4.78, 5) is 6.80. The fourth-order valence-electron chi connectivity index (χ4n) is 3.93. The Hall–Kier alpha value is -2.66. The number of ether oxygens (including phenoxy) is 2. The van der Waals surface area contributed by atoms with E-state index in [1.165, 1.54) is 25.0 Å². The molecule has 146 valence electrons. The molecule has 0 bridgehead atoms. The summed E-state index contributed by atoms with van der Waals surface area (Å²) in [6, 6.07) is 12.4. The van der Waals surface area contributed by atoms with Gasteiger partial charge in [0.1, 0.15) is 17.3 Å². The largest absolute Gasteiger partial charge is 0.497 e. The molecule has 0 saturated carbocycles. The molecule has 4 rings (SSSR count). The maximum absolute atomic E-state index is 14.2. The first kappa shape index (κ1) is 18.7. The van der Waals surface area contributed by atoms with Gasteiger partial charge in [0.15, 0.2) is 0 Å². The van der Waals surface area contributed by atoms with Crippen molar-refractivity contribution in [3.8, 4) is 22.6 Å². The van der Waals surface area contributed by atoms with Crippen LogP contribution in [0.25, 0.3) is 22.0 Å². The van der Waals surface area contributed by atoms with Crippen molar-refractivity contribution in [1.29, 1.82) is 0 Å². The lowest BCUT2D eigenvalue weighted by Crippen LogP contribution is -2.34. The molecular weight excluding hydrogens is 355 g/mol. The van der Waals surface area contributed by atoms with Crippen molar-refractivity contribution in [2.45, 2.75) is 12.8 Å². The van der Waals surface area contributed by atoms with E-state index in [1.54, 1.807) is 13.3 Å². The Morgan fingerprint density at radius 2 is 2.04 bits per heavy atom. The SMILES string of the molecule is COc1cc(OCC2CCCN(C)C2)cc(-c2cc(F)cc3cccnc23)c1. The van der Waals surface area contributed by atoms with Crippen LogP contribution in [-0.4, -0.2) is 43.7 Å². The van der Waals surface area contributed by atoms with Gasteiger partial charge in [-0.25, -0.2) is 4.39 Å². The highest BCUT2D eigenvalue weighted by Crippen LogP contribution is 2.34. The van der Waals surface area contributed by atoms with E-state index in [1.807, 2.05) is 30.3 Å². The number of fused-ring (bicyclic) bond motifs is 1. The van der Waals surface area contributed by atoms with Crippen LogP contribution < -0.4 is 9.47 Å². The number of methoxy groups -OCH3 is 1. The summed E-state index contributed by atoms with van der Waals surface area (Å²) in [5.74, 6) is 1.65. The van der Waals surface area contributed by atoms with Gasteiger partial charge in [-0.05, 0) is 62.3 Å². The lowest BCUT2D eigenvalue weighted by molar-refractivity contribution is 0.150. The van der Waals surface area contributed by atoms with E-state index in [0.717, 1.165) is 40.9 Å². The third kappa shape index (κ3) is 4.09. The first-order chi connectivity index (χ1) is 13.6. The van der Waals surface area contributed by atoms with Crippen molar-refractivity contribution < 1.29 is 13.9 Å². The average Bonchev–Trinajstić information content (AvgIpc) is 2.71. The number of rotatable bonds is 5. The second-order valence-electron chi connectivity index (χ2n) is 7.51. The number of hydrogen-bond acceptors (Lipinski definition) is 4. The van der Waals surface area contributed by atoms with Crippen molar-refractivity contribution in [3.63, 3.8) is 0 Å². The third-order valence-electron chi connectivity index (χ3n) is 5.30. The molecular formula is C23H25FN2O2. The third-order valence-corrected chi connectivity index (χ3v) is 5.30. The number of halogens is 1. The number of piperidine rings is 1. The average molecular weight is 380 g/mol. The van der Waals surface area contributed by atoms with E-state index >= 15 is 0 Å². The van der Waals surface area contributed by atoms with Crippen LogP contribution in [0.2, 0.25) is 0 Å². The first-order valence-electron chi connectivity index (χ1n) is 9.67. The van der Waals surface area contributed by atoms with Gasteiger partial charge in [-0.2, -0.15) is 0 Å². The van der Waals surface area contributed by atoms with Gasteiger partial charge in [0.2, 0.25) is 0 Å². The van der Waals surface area contributed by atoms with E-state index in [-0.39, 0.29) is 5.82 Å². The van der Waals surface area contributed by atoms with Crippen molar-refractivity contribution in [2.24, 2.45) is 5.92 Å². The number of pyridine rings is 1. The fraction of sp³-hybridized carbons (Fsp3) is 0.348. The van der Waals surface area contributed by atoms with Gasteiger partial charge >= 0.3 is 0 Å². The molecule has 28 heavy (non-hydrogen) atoms. The minimum absolute atomic E-state index is 0.286. The summed E-state index contributed by atoms with van der Waals surface area (Å²) < 4.78 is 25.8. The van der Waals surface area contributed by atoms with Crippen molar-refractivity contribution >= 4 is 10.9 Å². The summed E-state index contributed by atoms with van der Waals surface area (Å²) in [7, 11) is 3.78. The molecule has 4 nitrogen and oxygen atoms in total. The van der Waals surface area contributed by atoms with Crippen LogP contribution in [-0.2, 0) is 0 Å². The molecule has 2 heterocycles. The summed E-state index contributed by atoms with van der Waals surface area (Å²) in [6.45, 7) is 2.87. The lowest BCUT2D eigenvalue weighted by Gasteiger charge is -2.29. The molecule has 1 saturated heterocycles. The molecule has 3 aromatic rings. The fourth-order valence-corrected chi connectivity index (χ4v) is 3.93. The molecule has 1 unspecified atom stereocenters. The van der Waals surface area contributed by atoms with Crippen LogP contribution in [0.1, 0.15) is 12.8 Å². The molecule has 1 aliphatic rings. The molecule has 2 aromatic carbocycles. The zero-order valence-electron chi connectivity index (χ0n) is 16.3. The lowest BCUT2D eigenvalue weighted by atomic mass is 9.99. The zero-order chi connectivity index (χ0) is 19.5. The molecule has 0 spiro atoms. The Balaban J connectivity index is 1.66. The molecule has 0 N–H and O–H groups in total. The maximum atomic E-state index is 14.2. The number of benzene rings is 2. The first-order valence-corrected chi connectivity index (χ1v) is 9.67. The molecule has 0 radical (unpaired) electrons. The number of nitrogens with zero attached hydrogens (tertiary/aromatic N) is 2. The zero-order valence-corrected chi connectivity index (χ0v) is 16.3. The van der Waals surface area contributed by atoms with Gasteiger partial charge < -0.3 is 14.4 Å². The van der Waals surface area contributed by atoms with Crippen molar-refractivity contribution in [2.75, 3.05) is 33.9 Å². The number of likely N-dealkylation sites (tertiary alicyclic amines) is 1. The van der Waals surface area contributed by atoms with E-state index < -0.39 is 0 Å². The minimum atomic E-state index is -0.286. The summed E-state index contributed by atoms with van der Waals surface area (Å²) in [5.41, 5.74) is 2.33. The maximum Gasteiger partial charge on any atom is 0.124 e. The molecule has 1 aliphatic heterocycles. The van der Waals surface area contributed by atoms with Crippen LogP contribution in [0.4, 0.5) is 4.39 Å². The van der Waals surface area contributed by atoms with Gasteiger partial charge in [-0.15, -0.1) is 0 Å². The predicted molar refractivity (Wildman–Crippen MR) is 109 cm³/mol. The highest BCUT2D eigenvalue weighted by molar-refractivity contribution is 5.94. The van der Waals surface area contributed by atoms with E-state index in [2.05, 4.69) is 16.9 Å². The molecule has 5 heteroatoms. The van der Waals surface area contributed by atoms with Gasteiger partial charge in [0, 0.05) is 35.7 Å². The topological polar surface area (TPSA) is 34.6 Å². The second-order valence-corrected chi connectivity index (χ2v) is 7.51. The second kappa shape index (κ2) is 8.15. The molecule has 1 atom stereocenters. The van der Waals surface area contributed by atoms with E-state index in [0.29, 0.717) is 18.3 Å². The van der Waals surface area contributed by atoms with Gasteiger partial charge in [0.25, 0.3) is 0 Å². The van der Waals surface area contributed by atoms with Crippen LogP contribution in [0.5, 0.6) is 11.5 Å². The Bertz CT molecular complexity index is 976. The van der Waals surface area contributed by atoms with Crippen molar-refractivity contribution in [3.05, 3.63) is 54.5 Å². The van der Waals surface area contributed by atoms with E-state index in [4.69, 9.17) is 9.47 Å². The highest BCUT2D eigenvalue weighted by Gasteiger charge is 2.18. The number of hydrogen-bond donors (Lipinski definition) is 0. The highest BCUT2D eigenvalue weighted by atomic mass is 19.1. The van der Waals surface area contributed by atoms with E-state index in [9.17, 15) is 4.39 Å². The van der Waals surface area contributed by atoms with Crippen molar-refractivity contribution in [1.82, 2.24) is 9.88 Å². The Morgan fingerprint density at radius 1 is 1.18 bits per heavy atom. The Morgan fingerprint density at radius 3 is 2.86 bits per heavy atom. The molecule has 0 aliphatic carbocycles. The Labute approximate surface area is 164 Å². The molecule has 1 aromatic heterocycles. The van der Waals surface area contributed by atoms with Gasteiger partial charge in [-0.1, -0.05) is 6.07 Å². The summed E-state index contributed by atoms with van der Waals surface area (Å²) in [5, 5.41) is 0.771. The summed E-state index contributed by atoms with van der Waals surface area (Å²) >= 11 is 0. The quantitative estimate of drug-likeness (QED) is 0.639. The Kier molecular flexibility index (Phi) is 5.44. The van der Waals surface area contributed by atoms with Gasteiger partial charge in [-0.3, -0.25) is 4.98 Å². The number of aromatic nitrogens is 1. The molecule has 0 amide bonds. The molecule has 1 fully saturated rings. The van der Waals surface area contributed by atoms with Gasteiger partial charge in [0.05, 0.1) is 19.2 Å². The van der Waals surface area contributed by atoms with Crippen LogP contribution in [0, 0.1) is 11.7 Å². The van der Waals surface area contributed by atoms with Crippen LogP contribution in [0.15, 0.2) is 48.7 Å². The van der Waals surface area contributed by atoms with Crippen LogP contribution in [0.3, 0.4) is 0 Å². The normalized spacial score (nSPS) is 17.6. The smallest absolute Gasteiger partial charge is 0.124 e. The van der Waals surface area contributed by atoms with Crippen LogP contribution >= 0.6 is 0 Å². The predicted octanol–water partition coefficient (Wildman–Crippen LogP) is 4.77. The summed E-state index contributed by atoms with van der Waals surface area (Å²) in [6.07, 6.45) is 4.11. The minimum Gasteiger partial charge on any atom is -0.497 e. The standard InChI is InChI=1S/C23H25FN2O2/c1-26-8-4-5-16(14-26)15-28-21-11-18(10-20(13-21)27-2)22-12-19(24)9-17-6-3-7-25-23(17)22/h3,6-7,9-13,16H,4-5,8,14-15H2,1-2H3.